The van der Waals surface area contributed by atoms with Crippen LogP contribution in [0, 0.1) is 10.8 Å². The van der Waals surface area contributed by atoms with Crippen LogP contribution in [0.4, 0.5) is 0 Å². The van der Waals surface area contributed by atoms with Gasteiger partial charge in [-0.05, 0) is 38.1 Å². The monoisotopic (exact) mass is 256 g/mol. The minimum atomic E-state index is -0.884. The third kappa shape index (κ3) is 3.22. The zero-order valence-electron chi connectivity index (χ0n) is 11.3. The van der Waals surface area contributed by atoms with Crippen molar-refractivity contribution in [3.05, 3.63) is 0 Å². The molecule has 0 aromatic carbocycles. The highest BCUT2D eigenvalue weighted by Crippen LogP contribution is 2.42. The Morgan fingerprint density at radius 1 is 1.44 bits per heavy atom. The van der Waals surface area contributed by atoms with Crippen molar-refractivity contribution in [3.63, 3.8) is 0 Å². The van der Waals surface area contributed by atoms with E-state index >= 15 is 0 Å². The molecule has 0 saturated heterocycles. The van der Waals surface area contributed by atoms with Crippen molar-refractivity contribution in [3.8, 4) is 0 Å². The number of nitrogens with one attached hydrogen (secondary N) is 1. The Labute approximate surface area is 108 Å². The molecule has 1 aliphatic carbocycles. The summed E-state index contributed by atoms with van der Waals surface area (Å²) in [5.74, 6) is -0.955. The SMILES string of the molecule is CCC(C)(CNC(=O)CC1(CN)CCC1)C(=O)O. The molecule has 0 aliphatic heterocycles. The van der Waals surface area contributed by atoms with Crippen molar-refractivity contribution in [2.45, 2.75) is 46.0 Å². The second-order valence-electron chi connectivity index (χ2n) is 5.73. The Bertz CT molecular complexity index is 321. The van der Waals surface area contributed by atoms with Gasteiger partial charge in [-0.3, -0.25) is 9.59 Å². The summed E-state index contributed by atoms with van der Waals surface area (Å²) in [6.07, 6.45) is 4.04. The summed E-state index contributed by atoms with van der Waals surface area (Å²) >= 11 is 0. The fraction of sp³-hybridized carbons (Fsp3) is 0.846. The smallest absolute Gasteiger partial charge is 0.311 e. The van der Waals surface area contributed by atoms with E-state index in [2.05, 4.69) is 5.32 Å². The number of aliphatic carboxylic acids is 1. The number of nitrogens with two attached hydrogens (primary N) is 1. The summed E-state index contributed by atoms with van der Waals surface area (Å²) in [7, 11) is 0. The minimum Gasteiger partial charge on any atom is -0.481 e. The molecule has 4 N–H and O–H groups in total. The Balaban J connectivity index is 2.43. The van der Waals surface area contributed by atoms with Gasteiger partial charge in [0.1, 0.15) is 0 Å². The van der Waals surface area contributed by atoms with Gasteiger partial charge in [0.2, 0.25) is 5.91 Å². The van der Waals surface area contributed by atoms with Crippen LogP contribution in [0.3, 0.4) is 0 Å². The molecule has 1 rings (SSSR count). The number of carboxylic acid groups (broad SMARTS) is 1. The first-order valence-electron chi connectivity index (χ1n) is 6.58. The molecule has 5 nitrogen and oxygen atoms in total. The molecular weight excluding hydrogens is 232 g/mol. The van der Waals surface area contributed by atoms with Crippen LogP contribution in [-0.2, 0) is 9.59 Å². The third-order valence-corrected chi connectivity index (χ3v) is 4.36. The largest absolute Gasteiger partial charge is 0.481 e. The normalized spacial score (nSPS) is 20.6. The third-order valence-electron chi connectivity index (χ3n) is 4.36. The van der Waals surface area contributed by atoms with Crippen LogP contribution >= 0.6 is 0 Å². The lowest BCUT2D eigenvalue weighted by Crippen LogP contribution is -2.45. The summed E-state index contributed by atoms with van der Waals surface area (Å²) in [6, 6.07) is 0. The van der Waals surface area contributed by atoms with Crippen LogP contribution in [0.1, 0.15) is 46.0 Å². The molecule has 1 fully saturated rings. The van der Waals surface area contributed by atoms with Crippen LogP contribution in [-0.4, -0.2) is 30.1 Å². The van der Waals surface area contributed by atoms with Crippen molar-refractivity contribution in [1.82, 2.24) is 5.32 Å². The van der Waals surface area contributed by atoms with E-state index in [0.29, 0.717) is 19.4 Å². The second kappa shape index (κ2) is 5.69. The van der Waals surface area contributed by atoms with Crippen LogP contribution in [0.5, 0.6) is 0 Å². The van der Waals surface area contributed by atoms with E-state index in [4.69, 9.17) is 10.8 Å². The minimum absolute atomic E-state index is 0.0318. The van der Waals surface area contributed by atoms with E-state index in [-0.39, 0.29) is 17.9 Å². The predicted molar refractivity (Wildman–Crippen MR) is 69.0 cm³/mol. The zero-order valence-corrected chi connectivity index (χ0v) is 11.3. The molecule has 1 unspecified atom stereocenters. The van der Waals surface area contributed by atoms with Gasteiger partial charge in [-0.15, -0.1) is 0 Å². The predicted octanol–water partition coefficient (Wildman–Crippen LogP) is 1.12. The summed E-state index contributed by atoms with van der Waals surface area (Å²) in [6.45, 7) is 4.17. The topological polar surface area (TPSA) is 92.4 Å². The first kappa shape index (κ1) is 15.0. The van der Waals surface area contributed by atoms with Gasteiger partial charge in [0.15, 0.2) is 0 Å². The number of hydrogen-bond acceptors (Lipinski definition) is 3. The molecule has 0 spiro atoms. The molecule has 1 aliphatic rings. The maximum absolute atomic E-state index is 11.8. The van der Waals surface area contributed by atoms with Crippen LogP contribution in [0.25, 0.3) is 0 Å². The van der Waals surface area contributed by atoms with E-state index in [1.165, 1.54) is 0 Å². The molecule has 0 aromatic heterocycles. The van der Waals surface area contributed by atoms with E-state index in [1.54, 1.807) is 6.92 Å². The highest BCUT2D eigenvalue weighted by Gasteiger charge is 2.38. The number of carbonyl (C=O) groups excluding carboxylic acids is 1. The maximum atomic E-state index is 11.8. The van der Waals surface area contributed by atoms with Gasteiger partial charge in [-0.1, -0.05) is 13.3 Å². The van der Waals surface area contributed by atoms with Gasteiger partial charge in [0.05, 0.1) is 5.41 Å². The zero-order chi connectivity index (χ0) is 13.8. The standard InChI is InChI=1S/C13H24N2O3/c1-3-12(2,11(17)18)9-15-10(16)7-13(8-14)5-4-6-13/h3-9,14H2,1-2H3,(H,15,16)(H,17,18). The van der Waals surface area contributed by atoms with Gasteiger partial charge >= 0.3 is 5.97 Å². The Kier molecular flexibility index (Phi) is 4.73. The van der Waals surface area contributed by atoms with Crippen LogP contribution < -0.4 is 11.1 Å². The molecule has 18 heavy (non-hydrogen) atoms. The number of carbonyl (C=O) groups is 2. The summed E-state index contributed by atoms with van der Waals surface area (Å²) in [4.78, 5) is 22.9. The van der Waals surface area contributed by atoms with Gasteiger partial charge in [-0.25, -0.2) is 0 Å². The van der Waals surface area contributed by atoms with E-state index in [0.717, 1.165) is 19.3 Å². The molecule has 1 atom stereocenters. The summed E-state index contributed by atoms with van der Waals surface area (Å²) < 4.78 is 0. The van der Waals surface area contributed by atoms with Crippen molar-refractivity contribution in [2.24, 2.45) is 16.6 Å². The number of hydrogen-bond donors (Lipinski definition) is 3. The van der Waals surface area contributed by atoms with E-state index in [9.17, 15) is 9.59 Å². The Hall–Kier alpha value is -1.10. The lowest BCUT2D eigenvalue weighted by atomic mass is 9.66. The summed E-state index contributed by atoms with van der Waals surface area (Å²) in [5.41, 5.74) is 4.78. The van der Waals surface area contributed by atoms with E-state index < -0.39 is 11.4 Å². The number of rotatable bonds is 7. The maximum Gasteiger partial charge on any atom is 0.311 e. The molecule has 1 amide bonds. The molecular formula is C13H24N2O3. The quantitative estimate of drug-likeness (QED) is 0.636. The molecule has 0 heterocycles. The number of amides is 1. The van der Waals surface area contributed by atoms with Crippen molar-refractivity contribution in [2.75, 3.05) is 13.1 Å². The van der Waals surface area contributed by atoms with Gasteiger partial charge in [-0.2, -0.15) is 0 Å². The Morgan fingerprint density at radius 3 is 2.39 bits per heavy atom. The average molecular weight is 256 g/mol. The van der Waals surface area contributed by atoms with Crippen LogP contribution in [0.15, 0.2) is 0 Å². The molecule has 5 heteroatoms. The van der Waals surface area contributed by atoms with Gasteiger partial charge in [0.25, 0.3) is 0 Å². The summed E-state index contributed by atoms with van der Waals surface area (Å²) in [5, 5.41) is 11.8. The average Bonchev–Trinajstić information content (AvgIpc) is 2.30. The van der Waals surface area contributed by atoms with E-state index in [1.807, 2.05) is 6.92 Å². The first-order chi connectivity index (χ1) is 8.37. The van der Waals surface area contributed by atoms with Gasteiger partial charge in [0, 0.05) is 13.0 Å². The molecule has 0 aromatic rings. The van der Waals surface area contributed by atoms with Gasteiger partial charge < -0.3 is 16.2 Å². The molecule has 104 valence electrons. The molecule has 0 radical (unpaired) electrons. The van der Waals surface area contributed by atoms with Crippen molar-refractivity contribution in [1.29, 1.82) is 0 Å². The fourth-order valence-electron chi connectivity index (χ4n) is 2.18. The highest BCUT2D eigenvalue weighted by molar-refractivity contribution is 5.79. The van der Waals surface area contributed by atoms with Crippen molar-refractivity contribution < 1.29 is 14.7 Å². The molecule has 1 saturated carbocycles. The lowest BCUT2D eigenvalue weighted by Gasteiger charge is -2.40. The Morgan fingerprint density at radius 2 is 2.06 bits per heavy atom. The first-order valence-corrected chi connectivity index (χ1v) is 6.58. The fourth-order valence-corrected chi connectivity index (χ4v) is 2.18. The van der Waals surface area contributed by atoms with Crippen LogP contribution in [0.2, 0.25) is 0 Å². The highest BCUT2D eigenvalue weighted by atomic mass is 16.4. The lowest BCUT2D eigenvalue weighted by molar-refractivity contribution is -0.148. The second-order valence-corrected chi connectivity index (χ2v) is 5.73. The number of carboxylic acids is 1. The van der Waals surface area contributed by atoms with Crippen molar-refractivity contribution >= 4 is 11.9 Å². The molecule has 0 bridgehead atoms.